The first-order valence-electron chi connectivity index (χ1n) is 8.77. The first-order valence-corrected chi connectivity index (χ1v) is 8.77. The minimum atomic E-state index is -0.645. The quantitative estimate of drug-likeness (QED) is 0.802. The Morgan fingerprint density at radius 2 is 2.15 bits per heavy atom. The van der Waals surface area contributed by atoms with Crippen LogP contribution in [0.15, 0.2) is 36.7 Å². The van der Waals surface area contributed by atoms with E-state index in [0.717, 1.165) is 16.5 Å². The molecular weight excluding hydrogens is 332 g/mol. The lowest BCUT2D eigenvalue weighted by Gasteiger charge is -2.21. The maximum Gasteiger partial charge on any atom is 0.329 e. The maximum absolute atomic E-state index is 12.3. The predicted octanol–water partition coefficient (Wildman–Crippen LogP) is 2.37. The Kier molecular flexibility index (Phi) is 5.25. The fourth-order valence-electron chi connectivity index (χ4n) is 3.16. The molecule has 0 radical (unpaired) electrons. The van der Waals surface area contributed by atoms with Crippen molar-refractivity contribution in [2.75, 3.05) is 18.5 Å². The highest BCUT2D eigenvalue weighted by Crippen LogP contribution is 2.24. The van der Waals surface area contributed by atoms with Gasteiger partial charge in [-0.2, -0.15) is 0 Å². The lowest BCUT2D eigenvalue weighted by atomic mass is 10.1. The Labute approximate surface area is 152 Å². The molecule has 2 heterocycles. The van der Waals surface area contributed by atoms with E-state index in [-0.39, 0.29) is 12.0 Å². The van der Waals surface area contributed by atoms with Crippen molar-refractivity contribution in [3.8, 4) is 0 Å². The van der Waals surface area contributed by atoms with Gasteiger partial charge in [-0.05, 0) is 29.5 Å². The van der Waals surface area contributed by atoms with Crippen molar-refractivity contribution in [1.29, 1.82) is 0 Å². The number of hydrogen-bond donors (Lipinski definition) is 2. The maximum atomic E-state index is 12.3. The Hall–Kier alpha value is -2.83. The standard InChI is InChI=1S/C19H24N4O3/c1-12(2)11-26-18(24)17-8-16(10-23(17)19(20)25)22-15-4-3-14-9-21-6-5-13(14)7-15/h3-7,9,12,16-17,22H,8,10-11H2,1-2H3,(H2,20,25)/t16-,17-/m0/s1. The SMILES string of the molecule is CC(C)COC(=O)[C@@H]1C[C@H](Nc2ccc3cnccc3c2)CN1C(N)=O. The zero-order valence-electron chi connectivity index (χ0n) is 15.0. The Morgan fingerprint density at radius 1 is 1.35 bits per heavy atom. The highest BCUT2D eigenvalue weighted by atomic mass is 16.5. The highest BCUT2D eigenvalue weighted by Gasteiger charge is 2.40. The molecule has 1 saturated heterocycles. The Bertz CT molecular complexity index is 808. The number of pyridine rings is 1. The van der Waals surface area contributed by atoms with Crippen molar-refractivity contribution in [3.63, 3.8) is 0 Å². The van der Waals surface area contributed by atoms with Crippen LogP contribution in [0.25, 0.3) is 10.8 Å². The van der Waals surface area contributed by atoms with E-state index < -0.39 is 18.0 Å². The molecule has 138 valence electrons. The van der Waals surface area contributed by atoms with Crippen molar-refractivity contribution in [3.05, 3.63) is 36.7 Å². The molecule has 1 aromatic carbocycles. The number of primary amides is 1. The third-order valence-corrected chi connectivity index (χ3v) is 4.43. The summed E-state index contributed by atoms with van der Waals surface area (Å²) in [6, 6.07) is 6.59. The molecule has 2 amide bonds. The van der Waals surface area contributed by atoms with Gasteiger partial charge in [0.05, 0.1) is 6.61 Å². The van der Waals surface area contributed by atoms with Crippen molar-refractivity contribution in [1.82, 2.24) is 9.88 Å². The average Bonchev–Trinajstić information content (AvgIpc) is 3.03. The summed E-state index contributed by atoms with van der Waals surface area (Å²) in [4.78, 5) is 29.5. The normalized spacial score (nSPS) is 19.7. The number of carbonyl (C=O) groups is 2. The molecular formula is C19H24N4O3. The number of nitrogens with two attached hydrogens (primary N) is 1. The Morgan fingerprint density at radius 3 is 2.88 bits per heavy atom. The first kappa shape index (κ1) is 18.0. The van der Waals surface area contributed by atoms with Crippen molar-refractivity contribution < 1.29 is 14.3 Å². The number of aromatic nitrogens is 1. The molecule has 1 aliphatic rings. The van der Waals surface area contributed by atoms with Gasteiger partial charge in [0.15, 0.2) is 0 Å². The smallest absolute Gasteiger partial charge is 0.329 e. The summed E-state index contributed by atoms with van der Waals surface area (Å²) in [5.41, 5.74) is 6.38. The van der Waals surface area contributed by atoms with E-state index in [1.165, 1.54) is 4.90 Å². The van der Waals surface area contributed by atoms with Crippen LogP contribution in [0.2, 0.25) is 0 Å². The molecule has 26 heavy (non-hydrogen) atoms. The molecule has 3 N–H and O–H groups in total. The number of nitrogens with one attached hydrogen (secondary N) is 1. The molecule has 7 heteroatoms. The summed E-state index contributed by atoms with van der Waals surface area (Å²) in [6.07, 6.45) is 4.02. The van der Waals surface area contributed by atoms with E-state index >= 15 is 0 Å². The second kappa shape index (κ2) is 7.59. The molecule has 1 aromatic heterocycles. The number of urea groups is 1. The van der Waals surface area contributed by atoms with E-state index in [1.54, 1.807) is 6.20 Å². The van der Waals surface area contributed by atoms with Crippen LogP contribution in [-0.4, -0.2) is 47.1 Å². The van der Waals surface area contributed by atoms with Crippen LogP contribution in [0.4, 0.5) is 10.5 Å². The fraction of sp³-hybridized carbons (Fsp3) is 0.421. The zero-order chi connectivity index (χ0) is 18.7. The first-order chi connectivity index (χ1) is 12.4. The van der Waals surface area contributed by atoms with Crippen LogP contribution in [0.5, 0.6) is 0 Å². The molecule has 0 bridgehead atoms. The van der Waals surface area contributed by atoms with Gasteiger partial charge in [-0.15, -0.1) is 0 Å². The number of ether oxygens (including phenoxy) is 1. The minimum Gasteiger partial charge on any atom is -0.464 e. The number of esters is 1. The summed E-state index contributed by atoms with van der Waals surface area (Å²) >= 11 is 0. The number of likely N-dealkylation sites (tertiary alicyclic amines) is 1. The predicted molar refractivity (Wildman–Crippen MR) is 99.6 cm³/mol. The van der Waals surface area contributed by atoms with Gasteiger partial charge < -0.3 is 20.7 Å². The molecule has 1 fully saturated rings. The molecule has 3 rings (SSSR count). The van der Waals surface area contributed by atoms with Crippen molar-refractivity contribution in [2.24, 2.45) is 11.7 Å². The monoisotopic (exact) mass is 356 g/mol. The zero-order valence-corrected chi connectivity index (χ0v) is 15.0. The number of carbonyl (C=O) groups excluding carboxylic acids is 2. The van der Waals surface area contributed by atoms with Gasteiger partial charge in [0, 0.05) is 42.5 Å². The minimum absolute atomic E-state index is 0.0709. The number of nitrogens with zero attached hydrogens (tertiary/aromatic N) is 2. The molecule has 0 saturated carbocycles. The van der Waals surface area contributed by atoms with Gasteiger partial charge in [0.1, 0.15) is 6.04 Å². The third-order valence-electron chi connectivity index (χ3n) is 4.43. The fourth-order valence-corrected chi connectivity index (χ4v) is 3.16. The Balaban J connectivity index is 1.70. The second-order valence-electron chi connectivity index (χ2n) is 7.04. The van der Waals surface area contributed by atoms with Gasteiger partial charge in [-0.1, -0.05) is 19.9 Å². The van der Waals surface area contributed by atoms with Gasteiger partial charge >= 0.3 is 12.0 Å². The van der Waals surface area contributed by atoms with Gasteiger partial charge in [-0.3, -0.25) is 4.98 Å². The van der Waals surface area contributed by atoms with E-state index in [0.29, 0.717) is 19.6 Å². The molecule has 2 atom stereocenters. The van der Waals surface area contributed by atoms with Crippen LogP contribution >= 0.6 is 0 Å². The molecule has 0 spiro atoms. The highest BCUT2D eigenvalue weighted by molar-refractivity contribution is 5.85. The van der Waals surface area contributed by atoms with Gasteiger partial charge in [-0.25, -0.2) is 9.59 Å². The number of hydrogen-bond acceptors (Lipinski definition) is 5. The summed E-state index contributed by atoms with van der Waals surface area (Å²) in [7, 11) is 0. The summed E-state index contributed by atoms with van der Waals surface area (Å²) in [5, 5.41) is 5.52. The molecule has 0 unspecified atom stereocenters. The van der Waals surface area contributed by atoms with Crippen LogP contribution < -0.4 is 11.1 Å². The summed E-state index contributed by atoms with van der Waals surface area (Å²) in [5.74, 6) is -0.158. The van der Waals surface area contributed by atoms with Crippen molar-refractivity contribution >= 4 is 28.5 Å². The lowest BCUT2D eigenvalue weighted by molar-refractivity contribution is -0.149. The van der Waals surface area contributed by atoms with Crippen molar-refractivity contribution in [2.45, 2.75) is 32.4 Å². The number of rotatable bonds is 5. The van der Waals surface area contributed by atoms with E-state index in [2.05, 4.69) is 10.3 Å². The topological polar surface area (TPSA) is 97.6 Å². The number of benzene rings is 1. The molecule has 7 nitrogen and oxygen atoms in total. The van der Waals surface area contributed by atoms with E-state index in [9.17, 15) is 9.59 Å². The van der Waals surface area contributed by atoms with Crippen LogP contribution in [0.3, 0.4) is 0 Å². The second-order valence-corrected chi connectivity index (χ2v) is 7.04. The lowest BCUT2D eigenvalue weighted by Crippen LogP contribution is -2.44. The van der Waals surface area contributed by atoms with Crippen LogP contribution in [0, 0.1) is 5.92 Å². The number of amides is 2. The average molecular weight is 356 g/mol. The number of anilines is 1. The van der Waals surface area contributed by atoms with E-state index in [4.69, 9.17) is 10.5 Å². The third kappa shape index (κ3) is 4.04. The molecule has 1 aliphatic heterocycles. The van der Waals surface area contributed by atoms with Crippen LogP contribution in [0.1, 0.15) is 20.3 Å². The largest absolute Gasteiger partial charge is 0.464 e. The van der Waals surface area contributed by atoms with E-state index in [1.807, 2.05) is 44.3 Å². The van der Waals surface area contributed by atoms with Crippen LogP contribution in [-0.2, 0) is 9.53 Å². The van der Waals surface area contributed by atoms with Gasteiger partial charge in [0.2, 0.25) is 0 Å². The van der Waals surface area contributed by atoms with Gasteiger partial charge in [0.25, 0.3) is 0 Å². The summed E-state index contributed by atoms with van der Waals surface area (Å²) in [6.45, 7) is 4.63. The number of fused-ring (bicyclic) bond motifs is 1. The molecule has 0 aliphatic carbocycles. The summed E-state index contributed by atoms with van der Waals surface area (Å²) < 4.78 is 5.30. The molecule has 2 aromatic rings.